The molecule has 3 aromatic rings. The predicted molar refractivity (Wildman–Crippen MR) is 145 cm³/mol. The van der Waals surface area contributed by atoms with E-state index in [1.807, 2.05) is 0 Å². The fourth-order valence-electron chi connectivity index (χ4n) is 4.83. The number of rotatable bonds is 9. The van der Waals surface area contributed by atoms with E-state index in [2.05, 4.69) is 20.3 Å². The van der Waals surface area contributed by atoms with Gasteiger partial charge in [0.05, 0.1) is 29.1 Å². The van der Waals surface area contributed by atoms with Gasteiger partial charge in [0, 0.05) is 31.1 Å². The quantitative estimate of drug-likeness (QED) is 0.179. The SMILES string of the molecule is CCOC(=O)C1CCCC(Nc2nc3c(c(=O)n(Cc4ccc(Cl)c(Cl)c4)c(=O)n3C)n2CCN=[N+]=[N-])C1. The van der Waals surface area contributed by atoms with Crippen LogP contribution in [0.2, 0.25) is 10.0 Å². The summed E-state index contributed by atoms with van der Waals surface area (Å²) in [5.74, 6) is -0.0829. The summed E-state index contributed by atoms with van der Waals surface area (Å²) in [7, 11) is 1.54. The van der Waals surface area contributed by atoms with Gasteiger partial charge in [-0.15, -0.1) is 0 Å². The smallest absolute Gasteiger partial charge is 0.332 e. The second kappa shape index (κ2) is 11.9. The summed E-state index contributed by atoms with van der Waals surface area (Å²) in [4.78, 5) is 46.6. The molecule has 1 fully saturated rings. The highest BCUT2D eigenvalue weighted by atomic mass is 35.5. The van der Waals surface area contributed by atoms with Crippen molar-refractivity contribution in [3.8, 4) is 0 Å². The molecule has 0 amide bonds. The first kappa shape index (κ1) is 27.6. The van der Waals surface area contributed by atoms with E-state index in [-0.39, 0.29) is 48.7 Å². The molecule has 2 atom stereocenters. The second-order valence-corrected chi connectivity index (χ2v) is 9.97. The Hall–Kier alpha value is -3.47. The van der Waals surface area contributed by atoms with Crippen molar-refractivity contribution < 1.29 is 9.53 Å². The van der Waals surface area contributed by atoms with Crippen LogP contribution in [0.3, 0.4) is 0 Å². The number of aromatic nitrogens is 4. The number of azide groups is 1. The summed E-state index contributed by atoms with van der Waals surface area (Å²) >= 11 is 12.1. The lowest BCUT2D eigenvalue weighted by Gasteiger charge is -2.28. The number of hydrogen-bond acceptors (Lipinski definition) is 7. The van der Waals surface area contributed by atoms with Crippen molar-refractivity contribution in [1.29, 1.82) is 0 Å². The van der Waals surface area contributed by atoms with Gasteiger partial charge < -0.3 is 14.6 Å². The van der Waals surface area contributed by atoms with E-state index >= 15 is 0 Å². The number of nitrogens with zero attached hydrogens (tertiary/aromatic N) is 7. The summed E-state index contributed by atoms with van der Waals surface area (Å²) in [6, 6.07) is 4.81. The molecule has 14 heteroatoms. The maximum atomic E-state index is 13.7. The molecule has 0 radical (unpaired) electrons. The monoisotopic (exact) mass is 562 g/mol. The molecule has 1 aromatic carbocycles. The number of imidazole rings is 1. The lowest BCUT2D eigenvalue weighted by molar-refractivity contribution is -0.149. The minimum Gasteiger partial charge on any atom is -0.466 e. The van der Waals surface area contributed by atoms with E-state index in [1.165, 1.54) is 4.57 Å². The van der Waals surface area contributed by atoms with Crippen molar-refractivity contribution in [1.82, 2.24) is 18.7 Å². The summed E-state index contributed by atoms with van der Waals surface area (Å²) in [5, 5.41) is 7.66. The highest BCUT2D eigenvalue weighted by Gasteiger charge is 2.30. The molecule has 4 rings (SSSR count). The van der Waals surface area contributed by atoms with Gasteiger partial charge >= 0.3 is 11.7 Å². The normalized spacial score (nSPS) is 17.3. The molecule has 1 N–H and O–H groups in total. The number of hydrogen-bond donors (Lipinski definition) is 1. The first-order chi connectivity index (χ1) is 18.2. The molecule has 38 heavy (non-hydrogen) atoms. The van der Waals surface area contributed by atoms with Crippen molar-refractivity contribution in [2.75, 3.05) is 18.5 Å². The first-order valence-corrected chi connectivity index (χ1v) is 13.1. The number of halogens is 2. The molecule has 1 aliphatic carbocycles. The molecule has 2 heterocycles. The number of fused-ring (bicyclic) bond motifs is 1. The molecular formula is C24H28Cl2N8O4. The molecule has 0 saturated heterocycles. The number of carbonyl (C=O) groups excluding carboxylic acids is 1. The molecule has 12 nitrogen and oxygen atoms in total. The maximum Gasteiger partial charge on any atom is 0.332 e. The van der Waals surface area contributed by atoms with Crippen LogP contribution in [-0.4, -0.2) is 43.8 Å². The van der Waals surface area contributed by atoms with E-state index in [0.717, 1.165) is 23.8 Å². The zero-order valence-corrected chi connectivity index (χ0v) is 22.6. The van der Waals surface area contributed by atoms with E-state index in [4.69, 9.17) is 33.5 Å². The molecule has 0 bridgehead atoms. The van der Waals surface area contributed by atoms with E-state index in [0.29, 0.717) is 34.6 Å². The third kappa shape index (κ3) is 5.67. The highest BCUT2D eigenvalue weighted by molar-refractivity contribution is 6.42. The lowest BCUT2D eigenvalue weighted by atomic mass is 9.86. The van der Waals surface area contributed by atoms with Crippen LogP contribution in [0.25, 0.3) is 21.6 Å². The van der Waals surface area contributed by atoms with Crippen LogP contribution in [-0.2, 0) is 29.7 Å². The van der Waals surface area contributed by atoms with Gasteiger partial charge in [-0.1, -0.05) is 40.8 Å². The summed E-state index contributed by atoms with van der Waals surface area (Å²) in [5.41, 5.74) is 8.74. The third-order valence-electron chi connectivity index (χ3n) is 6.67. The van der Waals surface area contributed by atoms with Gasteiger partial charge in [-0.2, -0.15) is 4.98 Å². The predicted octanol–water partition coefficient (Wildman–Crippen LogP) is 4.10. The number of carbonyl (C=O) groups is 1. The Bertz CT molecular complexity index is 1520. The van der Waals surface area contributed by atoms with E-state index in [1.54, 1.807) is 36.7 Å². The van der Waals surface area contributed by atoms with E-state index in [9.17, 15) is 14.4 Å². The number of benzene rings is 1. The Balaban J connectivity index is 1.76. The highest BCUT2D eigenvalue weighted by Crippen LogP contribution is 2.28. The second-order valence-electron chi connectivity index (χ2n) is 9.15. The number of aryl methyl sites for hydroxylation is 1. The molecule has 202 valence electrons. The Morgan fingerprint density at radius 1 is 1.26 bits per heavy atom. The van der Waals surface area contributed by atoms with Crippen molar-refractivity contribution in [2.24, 2.45) is 18.1 Å². The van der Waals surface area contributed by atoms with Crippen LogP contribution in [0.1, 0.15) is 38.2 Å². The summed E-state index contributed by atoms with van der Waals surface area (Å²) in [6.45, 7) is 2.32. The van der Waals surface area contributed by atoms with Crippen molar-refractivity contribution >= 4 is 46.3 Å². The minimum atomic E-state index is -0.542. The fourth-order valence-corrected chi connectivity index (χ4v) is 5.15. The van der Waals surface area contributed by atoms with Crippen LogP contribution in [0.5, 0.6) is 0 Å². The van der Waals surface area contributed by atoms with E-state index < -0.39 is 11.2 Å². The average molecular weight is 563 g/mol. The Morgan fingerprint density at radius 3 is 2.76 bits per heavy atom. The average Bonchev–Trinajstić information content (AvgIpc) is 3.26. The molecule has 1 aliphatic rings. The number of esters is 1. The maximum absolute atomic E-state index is 13.7. The number of ether oxygens (including phenoxy) is 1. The molecule has 2 unspecified atom stereocenters. The van der Waals surface area contributed by atoms with Crippen LogP contribution < -0.4 is 16.6 Å². The fraction of sp³-hybridized carbons (Fsp3) is 0.500. The number of anilines is 1. The van der Waals surface area contributed by atoms with Crippen LogP contribution in [0.4, 0.5) is 5.95 Å². The number of nitrogens with one attached hydrogen (secondary N) is 1. The zero-order valence-electron chi connectivity index (χ0n) is 21.1. The molecule has 0 spiro atoms. The third-order valence-corrected chi connectivity index (χ3v) is 7.41. The zero-order chi connectivity index (χ0) is 27.4. The van der Waals surface area contributed by atoms with Gasteiger partial charge in [-0.3, -0.25) is 18.7 Å². The van der Waals surface area contributed by atoms with Crippen LogP contribution >= 0.6 is 23.2 Å². The van der Waals surface area contributed by atoms with Gasteiger partial charge in [0.15, 0.2) is 11.2 Å². The van der Waals surface area contributed by atoms with Gasteiger partial charge in [0.25, 0.3) is 5.56 Å². The van der Waals surface area contributed by atoms with Gasteiger partial charge in [0.1, 0.15) is 0 Å². The summed E-state index contributed by atoms with van der Waals surface area (Å²) in [6.07, 6.45) is 2.93. The van der Waals surface area contributed by atoms with Crippen LogP contribution in [0, 0.1) is 5.92 Å². The molecular weight excluding hydrogens is 535 g/mol. The topological polar surface area (TPSA) is 149 Å². The molecule has 2 aromatic heterocycles. The standard InChI is InChI=1S/C24H28Cl2N8O4/c1-3-38-22(36)15-5-4-6-16(12-15)29-23-30-20-19(33(23)10-9-28-31-27)21(35)34(24(37)32(20)2)13-14-7-8-17(25)18(26)11-14/h7-8,11,15-16H,3-6,9-10,12-13H2,1-2H3,(H,29,30). The van der Waals surface area contributed by atoms with Crippen molar-refractivity contribution in [3.05, 3.63) is 65.1 Å². The lowest BCUT2D eigenvalue weighted by Crippen LogP contribution is -2.40. The Labute approximate surface area is 227 Å². The first-order valence-electron chi connectivity index (χ1n) is 12.3. The minimum absolute atomic E-state index is 0.0214. The van der Waals surface area contributed by atoms with Gasteiger partial charge in [0.2, 0.25) is 5.95 Å². The summed E-state index contributed by atoms with van der Waals surface area (Å²) < 4.78 is 9.25. The molecule has 0 aliphatic heterocycles. The van der Waals surface area contributed by atoms with Crippen molar-refractivity contribution in [2.45, 2.75) is 51.7 Å². The van der Waals surface area contributed by atoms with Gasteiger partial charge in [-0.05, 0) is 49.4 Å². The Kier molecular flexibility index (Phi) is 8.65. The Morgan fingerprint density at radius 2 is 2.05 bits per heavy atom. The molecule has 1 saturated carbocycles. The van der Waals surface area contributed by atoms with Crippen LogP contribution in [0.15, 0.2) is 32.9 Å². The van der Waals surface area contributed by atoms with Crippen molar-refractivity contribution in [3.63, 3.8) is 0 Å². The largest absolute Gasteiger partial charge is 0.466 e. The van der Waals surface area contributed by atoms with Gasteiger partial charge in [-0.25, -0.2) is 4.79 Å².